The Morgan fingerprint density at radius 3 is 2.83 bits per heavy atom. The number of phenolic OH excluding ortho intramolecular Hbond substituents is 1. The Hall–Kier alpha value is -2.53. The van der Waals surface area contributed by atoms with E-state index in [-0.39, 0.29) is 12.2 Å². The predicted molar refractivity (Wildman–Crippen MR) is 89.3 cm³/mol. The number of aromatic hydroxyl groups is 1. The summed E-state index contributed by atoms with van der Waals surface area (Å²) in [5.41, 5.74) is 2.12. The Kier molecular flexibility index (Phi) is 5.01. The van der Waals surface area contributed by atoms with E-state index in [4.69, 9.17) is 14.6 Å². The second-order valence-corrected chi connectivity index (χ2v) is 6.00. The standard InChI is InChI=1S/C19H20O5/c20-16-8-14(9-19(21)22)7-15(10-16)17-3-1-2-4-18(17)24-12-13-5-6-23-11-13/h1-4,7-8,10,13,20H,5-6,9,11-12H2,(H,21,22). The topological polar surface area (TPSA) is 76.0 Å². The number of ether oxygens (including phenoxy) is 2. The quantitative estimate of drug-likeness (QED) is 0.852. The number of rotatable bonds is 6. The first-order valence-electron chi connectivity index (χ1n) is 7.96. The van der Waals surface area contributed by atoms with Crippen LogP contribution in [0.2, 0.25) is 0 Å². The van der Waals surface area contributed by atoms with Crippen LogP contribution in [0, 0.1) is 5.92 Å². The van der Waals surface area contributed by atoms with Gasteiger partial charge < -0.3 is 19.7 Å². The molecule has 1 aliphatic heterocycles. The van der Waals surface area contributed by atoms with Crippen LogP contribution >= 0.6 is 0 Å². The highest BCUT2D eigenvalue weighted by molar-refractivity contribution is 5.75. The van der Waals surface area contributed by atoms with E-state index in [0.717, 1.165) is 36.5 Å². The van der Waals surface area contributed by atoms with Crippen LogP contribution in [0.25, 0.3) is 11.1 Å². The van der Waals surface area contributed by atoms with Crippen molar-refractivity contribution in [1.29, 1.82) is 0 Å². The first-order valence-corrected chi connectivity index (χ1v) is 7.96. The zero-order chi connectivity index (χ0) is 16.9. The van der Waals surface area contributed by atoms with Gasteiger partial charge in [0, 0.05) is 18.1 Å². The van der Waals surface area contributed by atoms with Gasteiger partial charge >= 0.3 is 5.97 Å². The van der Waals surface area contributed by atoms with E-state index >= 15 is 0 Å². The molecule has 1 saturated heterocycles. The molecule has 5 heteroatoms. The van der Waals surface area contributed by atoms with Crippen LogP contribution in [0.5, 0.6) is 11.5 Å². The molecule has 1 aliphatic rings. The minimum absolute atomic E-state index is 0.0442. The Balaban J connectivity index is 1.85. The number of hydrogen-bond acceptors (Lipinski definition) is 4. The van der Waals surface area contributed by atoms with Crippen molar-refractivity contribution in [1.82, 2.24) is 0 Å². The monoisotopic (exact) mass is 328 g/mol. The van der Waals surface area contributed by atoms with Crippen LogP contribution in [0.3, 0.4) is 0 Å². The minimum atomic E-state index is -0.933. The zero-order valence-corrected chi connectivity index (χ0v) is 13.3. The maximum atomic E-state index is 10.9. The smallest absolute Gasteiger partial charge is 0.307 e. The van der Waals surface area contributed by atoms with E-state index in [1.807, 2.05) is 24.3 Å². The van der Waals surface area contributed by atoms with Crippen molar-refractivity contribution < 1.29 is 24.5 Å². The van der Waals surface area contributed by atoms with Crippen LogP contribution in [0.15, 0.2) is 42.5 Å². The number of carboxylic acids is 1. The molecule has 0 bridgehead atoms. The second-order valence-electron chi connectivity index (χ2n) is 6.00. The van der Waals surface area contributed by atoms with Crippen molar-refractivity contribution in [2.45, 2.75) is 12.8 Å². The normalized spacial score (nSPS) is 16.9. The van der Waals surface area contributed by atoms with Crippen molar-refractivity contribution in [2.75, 3.05) is 19.8 Å². The average Bonchev–Trinajstić information content (AvgIpc) is 3.05. The highest BCUT2D eigenvalue weighted by atomic mass is 16.5. The van der Waals surface area contributed by atoms with Gasteiger partial charge in [-0.15, -0.1) is 0 Å². The van der Waals surface area contributed by atoms with E-state index in [0.29, 0.717) is 18.1 Å². The maximum Gasteiger partial charge on any atom is 0.307 e. The van der Waals surface area contributed by atoms with Crippen LogP contribution in [0.1, 0.15) is 12.0 Å². The van der Waals surface area contributed by atoms with Gasteiger partial charge in [0.2, 0.25) is 0 Å². The Bertz CT molecular complexity index is 719. The zero-order valence-electron chi connectivity index (χ0n) is 13.3. The molecular formula is C19H20O5. The fourth-order valence-electron chi connectivity index (χ4n) is 2.86. The summed E-state index contributed by atoms with van der Waals surface area (Å²) >= 11 is 0. The Morgan fingerprint density at radius 2 is 2.08 bits per heavy atom. The molecule has 1 heterocycles. The first-order chi connectivity index (χ1) is 11.6. The number of carbonyl (C=O) groups is 1. The van der Waals surface area contributed by atoms with Gasteiger partial charge in [0.05, 0.1) is 19.6 Å². The molecule has 2 N–H and O–H groups in total. The number of aliphatic carboxylic acids is 1. The van der Waals surface area contributed by atoms with Crippen LogP contribution in [0.4, 0.5) is 0 Å². The molecule has 2 aromatic carbocycles. The number of benzene rings is 2. The van der Waals surface area contributed by atoms with Gasteiger partial charge in [-0.25, -0.2) is 0 Å². The molecule has 2 aromatic rings. The summed E-state index contributed by atoms with van der Waals surface area (Å²) in [5.74, 6) is 0.223. The summed E-state index contributed by atoms with van der Waals surface area (Å²) in [7, 11) is 0. The van der Waals surface area contributed by atoms with E-state index in [9.17, 15) is 9.90 Å². The third kappa shape index (κ3) is 4.06. The maximum absolute atomic E-state index is 10.9. The summed E-state index contributed by atoms with van der Waals surface area (Å²) in [6.45, 7) is 2.08. The predicted octanol–water partition coefficient (Wildman–Crippen LogP) is 3.10. The van der Waals surface area contributed by atoms with E-state index in [1.165, 1.54) is 6.07 Å². The lowest BCUT2D eigenvalue weighted by atomic mass is 10.00. The molecule has 0 saturated carbocycles. The molecule has 126 valence electrons. The van der Waals surface area contributed by atoms with Crippen LogP contribution < -0.4 is 4.74 Å². The highest BCUT2D eigenvalue weighted by Crippen LogP contribution is 2.33. The molecule has 1 fully saturated rings. The minimum Gasteiger partial charge on any atom is -0.508 e. The van der Waals surface area contributed by atoms with Crippen molar-refractivity contribution in [3.63, 3.8) is 0 Å². The summed E-state index contributed by atoms with van der Waals surface area (Å²) in [5, 5.41) is 18.9. The second kappa shape index (κ2) is 7.36. The first kappa shape index (κ1) is 16.3. The molecule has 24 heavy (non-hydrogen) atoms. The molecular weight excluding hydrogens is 308 g/mol. The number of para-hydroxylation sites is 1. The van der Waals surface area contributed by atoms with Gasteiger partial charge in [-0.05, 0) is 35.7 Å². The molecule has 0 aromatic heterocycles. The van der Waals surface area contributed by atoms with E-state index in [2.05, 4.69) is 0 Å². The molecule has 1 atom stereocenters. The third-order valence-electron chi connectivity index (χ3n) is 4.03. The van der Waals surface area contributed by atoms with Gasteiger partial charge in [-0.3, -0.25) is 4.79 Å². The lowest BCUT2D eigenvalue weighted by Gasteiger charge is -2.15. The molecule has 0 spiro atoms. The van der Waals surface area contributed by atoms with E-state index < -0.39 is 5.97 Å². The fourth-order valence-corrected chi connectivity index (χ4v) is 2.86. The summed E-state index contributed by atoms with van der Waals surface area (Å²) in [6, 6.07) is 12.4. The highest BCUT2D eigenvalue weighted by Gasteiger charge is 2.17. The average molecular weight is 328 g/mol. The van der Waals surface area contributed by atoms with E-state index in [1.54, 1.807) is 12.1 Å². The molecule has 5 nitrogen and oxygen atoms in total. The summed E-state index contributed by atoms with van der Waals surface area (Å²) < 4.78 is 11.3. The molecule has 3 rings (SSSR count). The lowest BCUT2D eigenvalue weighted by molar-refractivity contribution is -0.136. The van der Waals surface area contributed by atoms with Crippen molar-refractivity contribution in [2.24, 2.45) is 5.92 Å². The van der Waals surface area contributed by atoms with Crippen molar-refractivity contribution in [3.05, 3.63) is 48.0 Å². The molecule has 0 radical (unpaired) electrons. The largest absolute Gasteiger partial charge is 0.508 e. The van der Waals surface area contributed by atoms with Gasteiger partial charge in [-0.2, -0.15) is 0 Å². The summed E-state index contributed by atoms with van der Waals surface area (Å²) in [4.78, 5) is 10.9. The molecule has 0 aliphatic carbocycles. The lowest BCUT2D eigenvalue weighted by Crippen LogP contribution is -2.12. The van der Waals surface area contributed by atoms with Gasteiger partial charge in [0.1, 0.15) is 11.5 Å². The SMILES string of the molecule is O=C(O)Cc1cc(O)cc(-c2ccccc2OCC2CCOC2)c1. The summed E-state index contributed by atoms with van der Waals surface area (Å²) in [6.07, 6.45) is 0.862. The molecule has 1 unspecified atom stereocenters. The molecule has 0 amide bonds. The number of phenols is 1. The third-order valence-corrected chi connectivity index (χ3v) is 4.03. The van der Waals surface area contributed by atoms with Gasteiger partial charge in [0.25, 0.3) is 0 Å². The fraction of sp³-hybridized carbons (Fsp3) is 0.316. The van der Waals surface area contributed by atoms with Crippen LogP contribution in [-0.4, -0.2) is 36.0 Å². The van der Waals surface area contributed by atoms with Gasteiger partial charge in [0.15, 0.2) is 0 Å². The number of hydrogen-bond donors (Lipinski definition) is 2. The van der Waals surface area contributed by atoms with Crippen molar-refractivity contribution >= 4 is 5.97 Å². The Morgan fingerprint density at radius 1 is 1.25 bits per heavy atom. The van der Waals surface area contributed by atoms with Crippen molar-refractivity contribution in [3.8, 4) is 22.6 Å². The van der Waals surface area contributed by atoms with Gasteiger partial charge in [-0.1, -0.05) is 24.3 Å². The van der Waals surface area contributed by atoms with Crippen LogP contribution in [-0.2, 0) is 16.0 Å². The Labute approximate surface area is 140 Å². The number of carboxylic acid groups (broad SMARTS) is 1.